The molecule has 136 valence electrons. The number of piperidine rings is 1. The van der Waals surface area contributed by atoms with E-state index in [0.29, 0.717) is 11.0 Å². The highest BCUT2D eigenvalue weighted by Gasteiger charge is 2.49. The van der Waals surface area contributed by atoms with Crippen LogP contribution in [0, 0.1) is 5.41 Å². The predicted molar refractivity (Wildman–Crippen MR) is 103 cm³/mol. The molecule has 4 rings (SSSR count). The number of carbonyl (C=O) groups excluding carboxylic acids is 1. The molecule has 0 bridgehead atoms. The van der Waals surface area contributed by atoms with Crippen LogP contribution in [0.15, 0.2) is 66.0 Å². The minimum atomic E-state index is 0.0360. The van der Waals surface area contributed by atoms with Gasteiger partial charge in [-0.15, -0.1) is 6.58 Å². The lowest BCUT2D eigenvalue weighted by molar-refractivity contribution is 0.0188. The maximum absolute atomic E-state index is 13.1. The van der Waals surface area contributed by atoms with Crippen LogP contribution in [0.3, 0.4) is 0 Å². The molecule has 1 aromatic heterocycles. The van der Waals surface area contributed by atoms with Crippen molar-refractivity contribution in [3.05, 3.63) is 67.1 Å². The van der Waals surface area contributed by atoms with E-state index in [9.17, 15) is 4.79 Å². The average molecular weight is 350 g/mol. The van der Waals surface area contributed by atoms with Gasteiger partial charge in [0.2, 0.25) is 0 Å². The highest BCUT2D eigenvalue weighted by atomic mass is 16.3. The molecular weight excluding hydrogens is 324 g/mol. The fourth-order valence-electron chi connectivity index (χ4n) is 4.53. The Balaban J connectivity index is 1.49. The van der Waals surface area contributed by atoms with E-state index in [0.717, 1.165) is 38.2 Å². The standard InChI is InChI=1S/C22H26N2O2/c1-2-11-23-12-9-22(10-13-23)15-20(16-22)24(19-6-4-3-5-7-19)21(25)18-8-14-26-17-18/h2-8,14,17,20H,1,9-13,15-16H2. The molecule has 26 heavy (non-hydrogen) atoms. The molecule has 2 aromatic rings. The summed E-state index contributed by atoms with van der Waals surface area (Å²) in [4.78, 5) is 17.5. The number of carbonyl (C=O) groups is 1. The molecular formula is C22H26N2O2. The topological polar surface area (TPSA) is 36.7 Å². The van der Waals surface area contributed by atoms with Gasteiger partial charge in [0.15, 0.2) is 0 Å². The first-order valence-corrected chi connectivity index (χ1v) is 9.45. The van der Waals surface area contributed by atoms with Gasteiger partial charge in [-0.05, 0) is 62.4 Å². The Morgan fingerprint density at radius 1 is 1.23 bits per heavy atom. The molecule has 1 spiro atoms. The predicted octanol–water partition coefficient (Wildman–Crippen LogP) is 4.36. The molecule has 4 heteroatoms. The van der Waals surface area contributed by atoms with E-state index in [2.05, 4.69) is 11.5 Å². The molecule has 0 atom stereocenters. The highest BCUT2D eigenvalue weighted by molar-refractivity contribution is 6.06. The Morgan fingerprint density at radius 2 is 1.96 bits per heavy atom. The molecule has 0 unspecified atom stereocenters. The van der Waals surface area contributed by atoms with E-state index in [1.165, 1.54) is 12.8 Å². The number of hydrogen-bond acceptors (Lipinski definition) is 3. The maximum Gasteiger partial charge on any atom is 0.261 e. The Morgan fingerprint density at radius 3 is 2.58 bits per heavy atom. The molecule has 1 aliphatic carbocycles. The third-order valence-electron chi connectivity index (χ3n) is 6.03. The van der Waals surface area contributed by atoms with Crippen LogP contribution in [0.4, 0.5) is 5.69 Å². The average Bonchev–Trinajstić information content (AvgIpc) is 3.18. The van der Waals surface area contributed by atoms with E-state index in [1.54, 1.807) is 18.6 Å². The van der Waals surface area contributed by atoms with Gasteiger partial charge in [0, 0.05) is 18.3 Å². The third kappa shape index (κ3) is 3.21. The molecule has 2 heterocycles. The Kier molecular flexibility index (Phi) is 4.68. The molecule has 2 fully saturated rings. The van der Waals surface area contributed by atoms with Gasteiger partial charge < -0.3 is 9.32 Å². The fourth-order valence-corrected chi connectivity index (χ4v) is 4.53. The fraction of sp³-hybridized carbons (Fsp3) is 0.409. The van der Waals surface area contributed by atoms with Crippen LogP contribution in [-0.2, 0) is 0 Å². The van der Waals surface area contributed by atoms with Gasteiger partial charge in [0.1, 0.15) is 6.26 Å². The number of anilines is 1. The first-order valence-electron chi connectivity index (χ1n) is 9.45. The van der Waals surface area contributed by atoms with Crippen molar-refractivity contribution in [1.82, 2.24) is 4.90 Å². The third-order valence-corrected chi connectivity index (χ3v) is 6.03. The van der Waals surface area contributed by atoms with Gasteiger partial charge in [-0.1, -0.05) is 24.3 Å². The van der Waals surface area contributed by atoms with E-state index in [1.807, 2.05) is 41.3 Å². The van der Waals surface area contributed by atoms with Crippen molar-refractivity contribution < 1.29 is 9.21 Å². The van der Waals surface area contributed by atoms with Crippen molar-refractivity contribution in [3.63, 3.8) is 0 Å². The van der Waals surface area contributed by atoms with Crippen molar-refractivity contribution in [1.29, 1.82) is 0 Å². The van der Waals surface area contributed by atoms with Gasteiger partial charge >= 0.3 is 0 Å². The summed E-state index contributed by atoms with van der Waals surface area (Å²) in [7, 11) is 0. The number of hydrogen-bond donors (Lipinski definition) is 0. The molecule has 1 amide bonds. The summed E-state index contributed by atoms with van der Waals surface area (Å²) in [6, 6.07) is 12.0. The number of amides is 1. The van der Waals surface area contributed by atoms with Crippen LogP contribution >= 0.6 is 0 Å². The van der Waals surface area contributed by atoms with Crippen molar-refractivity contribution >= 4 is 11.6 Å². The lowest BCUT2D eigenvalue weighted by Crippen LogP contribution is -2.56. The van der Waals surface area contributed by atoms with Gasteiger partial charge in [-0.3, -0.25) is 9.69 Å². The zero-order valence-electron chi connectivity index (χ0n) is 15.1. The van der Waals surface area contributed by atoms with Crippen molar-refractivity contribution in [2.75, 3.05) is 24.5 Å². The van der Waals surface area contributed by atoms with E-state index in [-0.39, 0.29) is 11.9 Å². The quantitative estimate of drug-likeness (QED) is 0.752. The number of furan rings is 1. The highest BCUT2D eigenvalue weighted by Crippen LogP contribution is 2.51. The normalized spacial score (nSPS) is 19.8. The summed E-state index contributed by atoms with van der Waals surface area (Å²) in [5.41, 5.74) is 2.00. The SMILES string of the molecule is C=CCN1CCC2(CC1)CC(N(C(=O)c1ccoc1)c1ccccc1)C2. The number of para-hydroxylation sites is 1. The van der Waals surface area contributed by atoms with Crippen LogP contribution in [0.5, 0.6) is 0 Å². The number of rotatable bonds is 5. The molecule has 0 N–H and O–H groups in total. The second kappa shape index (κ2) is 7.12. The summed E-state index contributed by atoms with van der Waals surface area (Å²) in [5, 5.41) is 0. The first-order chi connectivity index (χ1) is 12.7. The molecule has 1 aliphatic heterocycles. The van der Waals surface area contributed by atoms with Crippen molar-refractivity contribution in [2.45, 2.75) is 31.7 Å². The molecule has 4 nitrogen and oxygen atoms in total. The number of likely N-dealkylation sites (tertiary alicyclic amines) is 1. The van der Waals surface area contributed by atoms with E-state index >= 15 is 0 Å². The second-order valence-corrected chi connectivity index (χ2v) is 7.67. The largest absolute Gasteiger partial charge is 0.472 e. The Labute approximate surface area is 155 Å². The van der Waals surface area contributed by atoms with Crippen molar-refractivity contribution in [3.8, 4) is 0 Å². The molecule has 2 aliphatic rings. The summed E-state index contributed by atoms with van der Waals surface area (Å²) in [5.74, 6) is 0.0360. The van der Waals surface area contributed by atoms with Gasteiger partial charge in [-0.25, -0.2) is 0 Å². The number of nitrogens with zero attached hydrogens (tertiary/aromatic N) is 2. The monoisotopic (exact) mass is 350 g/mol. The zero-order valence-corrected chi connectivity index (χ0v) is 15.1. The van der Waals surface area contributed by atoms with Gasteiger partial charge in [-0.2, -0.15) is 0 Å². The second-order valence-electron chi connectivity index (χ2n) is 7.67. The summed E-state index contributed by atoms with van der Waals surface area (Å²) in [6.07, 6.45) is 9.72. The Bertz CT molecular complexity index is 738. The minimum Gasteiger partial charge on any atom is -0.472 e. The zero-order chi connectivity index (χ0) is 18.0. The molecule has 0 radical (unpaired) electrons. The van der Waals surface area contributed by atoms with Gasteiger partial charge in [0.05, 0.1) is 11.8 Å². The van der Waals surface area contributed by atoms with Crippen LogP contribution in [-0.4, -0.2) is 36.5 Å². The molecule has 1 saturated heterocycles. The van der Waals surface area contributed by atoms with E-state index in [4.69, 9.17) is 4.42 Å². The van der Waals surface area contributed by atoms with Crippen LogP contribution in [0.2, 0.25) is 0 Å². The Hall–Kier alpha value is -2.33. The van der Waals surface area contributed by atoms with Crippen LogP contribution in [0.1, 0.15) is 36.0 Å². The molecule has 1 aromatic carbocycles. The minimum absolute atomic E-state index is 0.0360. The molecule has 1 saturated carbocycles. The van der Waals surface area contributed by atoms with Crippen molar-refractivity contribution in [2.24, 2.45) is 5.41 Å². The summed E-state index contributed by atoms with van der Waals surface area (Å²) in [6.45, 7) is 7.10. The van der Waals surface area contributed by atoms with E-state index < -0.39 is 0 Å². The lowest BCUT2D eigenvalue weighted by Gasteiger charge is -2.55. The van der Waals surface area contributed by atoms with Crippen LogP contribution in [0.25, 0.3) is 0 Å². The first kappa shape index (κ1) is 17.1. The number of benzene rings is 1. The van der Waals surface area contributed by atoms with Crippen LogP contribution < -0.4 is 4.90 Å². The summed E-state index contributed by atoms with van der Waals surface area (Å²) < 4.78 is 5.14. The smallest absolute Gasteiger partial charge is 0.261 e. The maximum atomic E-state index is 13.1. The van der Waals surface area contributed by atoms with Gasteiger partial charge in [0.25, 0.3) is 5.91 Å². The lowest BCUT2D eigenvalue weighted by atomic mass is 9.60. The summed E-state index contributed by atoms with van der Waals surface area (Å²) >= 11 is 0.